The van der Waals surface area contributed by atoms with E-state index in [9.17, 15) is 4.79 Å². The average molecular weight is 214 g/mol. The van der Waals surface area contributed by atoms with Crippen LogP contribution in [0.15, 0.2) is 0 Å². The zero-order chi connectivity index (χ0) is 11.5. The van der Waals surface area contributed by atoms with Crippen molar-refractivity contribution < 1.29 is 4.79 Å². The van der Waals surface area contributed by atoms with E-state index < -0.39 is 0 Å². The Balaban J connectivity index is 3.08. The minimum Gasteiger partial charge on any atom is -0.338 e. The van der Waals surface area contributed by atoms with Crippen LogP contribution in [0.5, 0.6) is 0 Å². The van der Waals surface area contributed by atoms with E-state index in [1.807, 2.05) is 6.92 Å². The van der Waals surface area contributed by atoms with Gasteiger partial charge in [-0.25, -0.2) is 4.79 Å². The van der Waals surface area contributed by atoms with Gasteiger partial charge in [-0.15, -0.1) is 0 Å². The number of hydrogen-bond donors (Lipinski definition) is 2. The molecular weight excluding hydrogens is 188 g/mol. The second-order valence-electron chi connectivity index (χ2n) is 4.38. The minimum absolute atomic E-state index is 0.0420. The van der Waals surface area contributed by atoms with Crippen LogP contribution in [0.2, 0.25) is 0 Å². The Morgan fingerprint density at radius 2 is 1.73 bits per heavy atom. The third kappa shape index (κ3) is 11.2. The summed E-state index contributed by atoms with van der Waals surface area (Å²) in [5.41, 5.74) is 0. The quantitative estimate of drug-likeness (QED) is 0.599. The molecule has 0 aromatic carbocycles. The van der Waals surface area contributed by atoms with Crippen LogP contribution in [0.4, 0.5) is 4.79 Å². The molecule has 2 amide bonds. The summed E-state index contributed by atoms with van der Waals surface area (Å²) in [5.74, 6) is 0.818. The molecule has 2 N–H and O–H groups in total. The summed E-state index contributed by atoms with van der Waals surface area (Å²) in [7, 11) is 0. The number of carbonyl (C=O) groups is 1. The summed E-state index contributed by atoms with van der Waals surface area (Å²) in [5, 5.41) is 5.55. The van der Waals surface area contributed by atoms with Crippen LogP contribution < -0.4 is 10.6 Å². The highest BCUT2D eigenvalue weighted by Gasteiger charge is 1.97. The van der Waals surface area contributed by atoms with Crippen LogP contribution in [-0.4, -0.2) is 19.1 Å². The fourth-order valence-electron chi connectivity index (χ4n) is 1.46. The molecule has 0 aliphatic carbocycles. The molecule has 15 heavy (non-hydrogen) atoms. The van der Waals surface area contributed by atoms with Crippen molar-refractivity contribution in [3.05, 3.63) is 0 Å². The summed E-state index contributed by atoms with van der Waals surface area (Å²) >= 11 is 0. The Hall–Kier alpha value is -0.730. The number of urea groups is 1. The van der Waals surface area contributed by atoms with Crippen molar-refractivity contribution >= 4 is 6.03 Å². The largest absolute Gasteiger partial charge is 0.338 e. The number of amides is 2. The fraction of sp³-hybridized carbons (Fsp3) is 0.917. The van der Waals surface area contributed by atoms with Gasteiger partial charge < -0.3 is 10.6 Å². The van der Waals surface area contributed by atoms with Crippen molar-refractivity contribution in [3.8, 4) is 0 Å². The van der Waals surface area contributed by atoms with Crippen LogP contribution in [-0.2, 0) is 0 Å². The molecule has 0 saturated heterocycles. The zero-order valence-electron chi connectivity index (χ0n) is 10.4. The molecule has 0 aliphatic rings. The van der Waals surface area contributed by atoms with E-state index in [0.29, 0.717) is 6.54 Å². The van der Waals surface area contributed by atoms with Gasteiger partial charge in [-0.3, -0.25) is 0 Å². The Bertz CT molecular complexity index is 158. The molecular formula is C12H26N2O. The molecule has 90 valence electrons. The maximum absolute atomic E-state index is 11.0. The van der Waals surface area contributed by atoms with Crippen molar-refractivity contribution in [3.63, 3.8) is 0 Å². The van der Waals surface area contributed by atoms with E-state index in [0.717, 1.165) is 18.9 Å². The standard InChI is InChI=1S/C12H26N2O/c1-4-13-12(15)14-10-8-6-5-7-9-11(2)3/h11H,4-10H2,1-3H3,(H2,13,14,15). The van der Waals surface area contributed by atoms with Gasteiger partial charge in [0.2, 0.25) is 0 Å². The smallest absolute Gasteiger partial charge is 0.314 e. The predicted octanol–water partition coefficient (Wildman–Crippen LogP) is 2.91. The third-order valence-electron chi connectivity index (χ3n) is 2.33. The van der Waals surface area contributed by atoms with Crippen molar-refractivity contribution in [2.45, 2.75) is 52.9 Å². The van der Waals surface area contributed by atoms with Crippen LogP contribution >= 0.6 is 0 Å². The molecule has 0 aromatic rings. The van der Waals surface area contributed by atoms with E-state index in [1.165, 1.54) is 25.7 Å². The molecule has 0 saturated carbocycles. The first-order valence-corrected chi connectivity index (χ1v) is 6.18. The number of rotatable bonds is 8. The predicted molar refractivity (Wildman–Crippen MR) is 65.0 cm³/mol. The van der Waals surface area contributed by atoms with Crippen molar-refractivity contribution in [1.29, 1.82) is 0 Å². The van der Waals surface area contributed by atoms with Gasteiger partial charge in [-0.1, -0.05) is 39.5 Å². The second-order valence-corrected chi connectivity index (χ2v) is 4.38. The summed E-state index contributed by atoms with van der Waals surface area (Å²) in [6, 6.07) is -0.0420. The molecule has 0 aliphatic heterocycles. The summed E-state index contributed by atoms with van der Waals surface area (Å²) in [6.45, 7) is 7.94. The Morgan fingerprint density at radius 1 is 1.07 bits per heavy atom. The lowest BCUT2D eigenvalue weighted by Crippen LogP contribution is -2.35. The zero-order valence-corrected chi connectivity index (χ0v) is 10.4. The highest BCUT2D eigenvalue weighted by Crippen LogP contribution is 2.08. The van der Waals surface area contributed by atoms with Crippen molar-refractivity contribution in [2.75, 3.05) is 13.1 Å². The number of unbranched alkanes of at least 4 members (excludes halogenated alkanes) is 3. The molecule has 0 unspecified atom stereocenters. The first-order chi connectivity index (χ1) is 7.16. The highest BCUT2D eigenvalue weighted by molar-refractivity contribution is 5.73. The maximum atomic E-state index is 11.0. The molecule has 0 atom stereocenters. The normalized spacial score (nSPS) is 10.4. The van der Waals surface area contributed by atoms with E-state index in [2.05, 4.69) is 24.5 Å². The molecule has 3 nitrogen and oxygen atoms in total. The lowest BCUT2D eigenvalue weighted by Gasteiger charge is -2.06. The topological polar surface area (TPSA) is 41.1 Å². The summed E-state index contributed by atoms with van der Waals surface area (Å²) in [6.07, 6.45) is 6.24. The SMILES string of the molecule is CCNC(=O)NCCCCCCC(C)C. The molecule has 0 heterocycles. The highest BCUT2D eigenvalue weighted by atomic mass is 16.2. The van der Waals surface area contributed by atoms with Gasteiger partial charge in [0.15, 0.2) is 0 Å². The molecule has 0 rings (SSSR count). The molecule has 0 radical (unpaired) electrons. The molecule has 3 heteroatoms. The maximum Gasteiger partial charge on any atom is 0.314 e. The number of nitrogens with one attached hydrogen (secondary N) is 2. The average Bonchev–Trinajstić information content (AvgIpc) is 2.16. The van der Waals surface area contributed by atoms with Gasteiger partial charge in [-0.05, 0) is 19.3 Å². The van der Waals surface area contributed by atoms with Crippen LogP contribution in [0.3, 0.4) is 0 Å². The van der Waals surface area contributed by atoms with Gasteiger partial charge >= 0.3 is 6.03 Å². The van der Waals surface area contributed by atoms with Gasteiger partial charge in [0.05, 0.1) is 0 Å². The van der Waals surface area contributed by atoms with E-state index in [-0.39, 0.29) is 6.03 Å². The molecule has 0 aromatic heterocycles. The van der Waals surface area contributed by atoms with Crippen molar-refractivity contribution in [1.82, 2.24) is 10.6 Å². The lowest BCUT2D eigenvalue weighted by molar-refractivity contribution is 0.241. The lowest BCUT2D eigenvalue weighted by atomic mass is 10.0. The van der Waals surface area contributed by atoms with Crippen LogP contribution in [0.25, 0.3) is 0 Å². The first kappa shape index (κ1) is 14.3. The Kier molecular flexibility index (Phi) is 9.33. The number of hydrogen-bond acceptors (Lipinski definition) is 1. The number of carbonyl (C=O) groups excluding carboxylic acids is 1. The van der Waals surface area contributed by atoms with Crippen LogP contribution in [0.1, 0.15) is 52.9 Å². The Labute approximate surface area is 94.0 Å². The fourth-order valence-corrected chi connectivity index (χ4v) is 1.46. The van der Waals surface area contributed by atoms with E-state index >= 15 is 0 Å². The minimum atomic E-state index is -0.0420. The van der Waals surface area contributed by atoms with Gasteiger partial charge in [0.1, 0.15) is 0 Å². The summed E-state index contributed by atoms with van der Waals surface area (Å²) in [4.78, 5) is 11.0. The van der Waals surface area contributed by atoms with E-state index in [1.54, 1.807) is 0 Å². The Morgan fingerprint density at radius 3 is 2.33 bits per heavy atom. The monoisotopic (exact) mass is 214 g/mol. The van der Waals surface area contributed by atoms with Gasteiger partial charge in [0, 0.05) is 13.1 Å². The van der Waals surface area contributed by atoms with Gasteiger partial charge in [0.25, 0.3) is 0 Å². The van der Waals surface area contributed by atoms with Crippen molar-refractivity contribution in [2.24, 2.45) is 5.92 Å². The molecule has 0 spiro atoms. The van der Waals surface area contributed by atoms with Crippen LogP contribution in [0, 0.1) is 5.92 Å². The molecule has 0 bridgehead atoms. The first-order valence-electron chi connectivity index (χ1n) is 6.18. The summed E-state index contributed by atoms with van der Waals surface area (Å²) < 4.78 is 0. The third-order valence-corrected chi connectivity index (χ3v) is 2.33. The van der Waals surface area contributed by atoms with Gasteiger partial charge in [-0.2, -0.15) is 0 Å². The second kappa shape index (κ2) is 9.81. The molecule has 0 fully saturated rings. The van der Waals surface area contributed by atoms with E-state index in [4.69, 9.17) is 0 Å².